The van der Waals surface area contributed by atoms with Gasteiger partial charge >= 0.3 is 0 Å². The van der Waals surface area contributed by atoms with Crippen molar-refractivity contribution >= 4 is 28.2 Å². The molecule has 0 aliphatic carbocycles. The highest BCUT2D eigenvalue weighted by atomic mass is 35.5. The van der Waals surface area contributed by atoms with Crippen molar-refractivity contribution < 1.29 is 0 Å². The molecular weight excluding hydrogens is 322 g/mol. The zero-order chi connectivity index (χ0) is 17.4. The highest BCUT2D eigenvalue weighted by molar-refractivity contribution is 6.31. The van der Waals surface area contributed by atoms with Gasteiger partial charge < -0.3 is 10.2 Å². The first kappa shape index (κ1) is 18.9. The highest BCUT2D eigenvalue weighted by Gasteiger charge is 2.08. The molecule has 0 aliphatic rings. The maximum Gasteiger partial charge on any atom is 0.0737 e. The average Bonchev–Trinajstić information content (AvgIpc) is 2.57. The van der Waals surface area contributed by atoms with Crippen molar-refractivity contribution in [1.29, 1.82) is 0 Å². The number of nitrogens with one attached hydrogen (secondary N) is 2. The van der Waals surface area contributed by atoms with Crippen molar-refractivity contribution in [2.75, 3.05) is 31.5 Å². The van der Waals surface area contributed by atoms with E-state index >= 15 is 0 Å². The third-order valence-corrected chi connectivity index (χ3v) is 4.47. The van der Waals surface area contributed by atoms with Crippen LogP contribution in [0, 0.1) is 0 Å². The van der Waals surface area contributed by atoms with Crippen LogP contribution in [0.1, 0.15) is 26.7 Å². The topological polar surface area (TPSA) is 66.2 Å². The molecule has 0 spiro atoms. The summed E-state index contributed by atoms with van der Waals surface area (Å²) in [7, 11) is 0. The summed E-state index contributed by atoms with van der Waals surface area (Å²) in [6.07, 6.45) is 4.09. The average molecular weight is 350 g/mol. The lowest BCUT2D eigenvalue weighted by Gasteiger charge is -2.22. The lowest BCUT2D eigenvalue weighted by atomic mass is 10.1. The smallest absolute Gasteiger partial charge is 0.0737 e. The number of likely N-dealkylation sites (N-methyl/N-ethyl adjacent to an activating group) is 1. The number of pyridine rings is 1. The Kier molecular flexibility index (Phi) is 7.72. The molecule has 0 radical (unpaired) electrons. The van der Waals surface area contributed by atoms with E-state index in [9.17, 15) is 0 Å². The molecule has 1 unspecified atom stereocenters. The SMILES string of the molecule is CCN(CCCC(C)Nc1ccnc2cc(Cl)ccc12)CCNN. The molecule has 0 saturated carbocycles. The fourth-order valence-corrected chi connectivity index (χ4v) is 3.02. The number of halogens is 1. The van der Waals surface area contributed by atoms with Crippen molar-refractivity contribution in [3.8, 4) is 0 Å². The van der Waals surface area contributed by atoms with Gasteiger partial charge in [0.1, 0.15) is 0 Å². The Bertz CT molecular complexity index is 634. The summed E-state index contributed by atoms with van der Waals surface area (Å²) < 4.78 is 0. The van der Waals surface area contributed by atoms with E-state index < -0.39 is 0 Å². The molecule has 0 saturated heterocycles. The Morgan fingerprint density at radius 3 is 2.88 bits per heavy atom. The molecule has 1 heterocycles. The van der Waals surface area contributed by atoms with Gasteiger partial charge in [-0.2, -0.15) is 0 Å². The lowest BCUT2D eigenvalue weighted by molar-refractivity contribution is 0.280. The van der Waals surface area contributed by atoms with Gasteiger partial charge in [0.15, 0.2) is 0 Å². The normalized spacial score (nSPS) is 12.7. The number of nitrogens with two attached hydrogens (primary N) is 1. The summed E-state index contributed by atoms with van der Waals surface area (Å²) in [4.78, 5) is 6.80. The van der Waals surface area contributed by atoms with E-state index in [1.807, 2.05) is 30.5 Å². The Morgan fingerprint density at radius 1 is 1.29 bits per heavy atom. The molecule has 5 nitrogen and oxygen atoms in total. The van der Waals surface area contributed by atoms with E-state index in [1.54, 1.807) is 0 Å². The Labute approximate surface area is 149 Å². The predicted octanol–water partition coefficient (Wildman–Crippen LogP) is 3.25. The van der Waals surface area contributed by atoms with Gasteiger partial charge in [-0.3, -0.25) is 16.3 Å². The summed E-state index contributed by atoms with van der Waals surface area (Å²) in [6, 6.07) is 8.26. The van der Waals surface area contributed by atoms with Crippen LogP contribution in [0.5, 0.6) is 0 Å². The van der Waals surface area contributed by atoms with Crippen LogP contribution in [0.4, 0.5) is 5.69 Å². The fraction of sp³-hybridized carbons (Fsp3) is 0.500. The van der Waals surface area contributed by atoms with E-state index in [4.69, 9.17) is 17.4 Å². The second-order valence-corrected chi connectivity index (χ2v) is 6.53. The quantitative estimate of drug-likeness (QED) is 0.454. The number of hydrogen-bond acceptors (Lipinski definition) is 5. The number of aromatic nitrogens is 1. The molecule has 6 heteroatoms. The Hall–Kier alpha value is -1.40. The van der Waals surface area contributed by atoms with Gasteiger partial charge in [-0.1, -0.05) is 18.5 Å². The molecule has 2 rings (SSSR count). The molecule has 0 amide bonds. The molecule has 4 N–H and O–H groups in total. The minimum Gasteiger partial charge on any atom is -0.382 e. The molecule has 24 heavy (non-hydrogen) atoms. The fourth-order valence-electron chi connectivity index (χ4n) is 2.86. The molecule has 1 aromatic carbocycles. The standard InChI is InChI=1S/C18H28ClN5/c1-3-24(12-10-22-20)11-4-5-14(2)23-17-8-9-21-18-13-15(19)6-7-16(17)18/h6-9,13-14,22H,3-5,10-12,20H2,1-2H3,(H,21,23). The van der Waals surface area contributed by atoms with Gasteiger partial charge in [-0.15, -0.1) is 0 Å². The van der Waals surface area contributed by atoms with Crippen molar-refractivity contribution in [1.82, 2.24) is 15.3 Å². The lowest BCUT2D eigenvalue weighted by Crippen LogP contribution is -2.35. The Balaban J connectivity index is 1.87. The number of hydrogen-bond donors (Lipinski definition) is 3. The first-order chi connectivity index (χ1) is 11.6. The Morgan fingerprint density at radius 2 is 2.12 bits per heavy atom. The van der Waals surface area contributed by atoms with Crippen LogP contribution in [-0.4, -0.2) is 42.1 Å². The second-order valence-electron chi connectivity index (χ2n) is 6.10. The largest absolute Gasteiger partial charge is 0.382 e. The van der Waals surface area contributed by atoms with Crippen LogP contribution in [0.25, 0.3) is 10.9 Å². The van der Waals surface area contributed by atoms with E-state index in [0.29, 0.717) is 11.1 Å². The number of hydrazine groups is 1. The van der Waals surface area contributed by atoms with Gasteiger partial charge in [0.25, 0.3) is 0 Å². The summed E-state index contributed by atoms with van der Waals surface area (Å²) in [6.45, 7) is 8.38. The number of anilines is 1. The van der Waals surface area contributed by atoms with Crippen molar-refractivity contribution in [2.24, 2.45) is 5.84 Å². The van der Waals surface area contributed by atoms with Gasteiger partial charge in [0, 0.05) is 41.4 Å². The van der Waals surface area contributed by atoms with Gasteiger partial charge in [-0.05, 0) is 57.1 Å². The third-order valence-electron chi connectivity index (χ3n) is 4.24. The number of fused-ring (bicyclic) bond motifs is 1. The van der Waals surface area contributed by atoms with Crippen LogP contribution in [0.3, 0.4) is 0 Å². The minimum absolute atomic E-state index is 0.401. The number of rotatable bonds is 10. The first-order valence-corrected chi connectivity index (χ1v) is 8.98. The summed E-state index contributed by atoms with van der Waals surface area (Å²) in [5, 5.41) is 5.43. The zero-order valence-electron chi connectivity index (χ0n) is 14.6. The maximum absolute atomic E-state index is 6.05. The molecule has 132 valence electrons. The third kappa shape index (κ3) is 5.60. The van der Waals surface area contributed by atoms with Crippen LogP contribution >= 0.6 is 11.6 Å². The minimum atomic E-state index is 0.401. The van der Waals surface area contributed by atoms with Crippen LogP contribution in [0.15, 0.2) is 30.5 Å². The highest BCUT2D eigenvalue weighted by Crippen LogP contribution is 2.25. The van der Waals surface area contributed by atoms with Gasteiger partial charge in [-0.25, -0.2) is 0 Å². The van der Waals surface area contributed by atoms with Crippen molar-refractivity contribution in [3.63, 3.8) is 0 Å². The van der Waals surface area contributed by atoms with Gasteiger partial charge in [0.05, 0.1) is 5.52 Å². The molecule has 2 aromatic rings. The van der Waals surface area contributed by atoms with Crippen LogP contribution in [-0.2, 0) is 0 Å². The van der Waals surface area contributed by atoms with Crippen LogP contribution in [0.2, 0.25) is 5.02 Å². The number of nitrogens with zero attached hydrogens (tertiary/aromatic N) is 2. The van der Waals surface area contributed by atoms with Crippen LogP contribution < -0.4 is 16.6 Å². The van der Waals surface area contributed by atoms with E-state index in [0.717, 1.165) is 55.6 Å². The zero-order valence-corrected chi connectivity index (χ0v) is 15.3. The molecule has 0 bridgehead atoms. The number of benzene rings is 1. The summed E-state index contributed by atoms with van der Waals surface area (Å²) >= 11 is 6.05. The van der Waals surface area contributed by atoms with E-state index in [-0.39, 0.29) is 0 Å². The maximum atomic E-state index is 6.05. The molecule has 0 fully saturated rings. The van der Waals surface area contributed by atoms with Gasteiger partial charge in [0.2, 0.25) is 0 Å². The summed E-state index contributed by atoms with van der Waals surface area (Å²) in [5.74, 6) is 5.35. The van der Waals surface area contributed by atoms with Crippen molar-refractivity contribution in [3.05, 3.63) is 35.5 Å². The van der Waals surface area contributed by atoms with Crippen molar-refractivity contribution in [2.45, 2.75) is 32.7 Å². The molecule has 1 atom stereocenters. The van der Waals surface area contributed by atoms with E-state index in [1.165, 1.54) is 0 Å². The van der Waals surface area contributed by atoms with E-state index in [2.05, 4.69) is 34.5 Å². The first-order valence-electron chi connectivity index (χ1n) is 8.60. The monoisotopic (exact) mass is 349 g/mol. The molecule has 1 aromatic heterocycles. The predicted molar refractivity (Wildman–Crippen MR) is 103 cm³/mol. The molecular formula is C18H28ClN5. The second kappa shape index (κ2) is 9.79. The molecule has 0 aliphatic heterocycles. The summed E-state index contributed by atoms with van der Waals surface area (Å²) in [5.41, 5.74) is 4.75.